The Morgan fingerprint density at radius 3 is 2.11 bits per heavy atom. The first kappa shape index (κ1) is 20.2. The van der Waals surface area contributed by atoms with Crippen LogP contribution < -0.4 is 0 Å². The lowest BCUT2D eigenvalue weighted by Crippen LogP contribution is -2.40. The van der Waals surface area contributed by atoms with Crippen molar-refractivity contribution < 1.29 is 19.1 Å². The highest BCUT2D eigenvalue weighted by molar-refractivity contribution is 6.00. The SMILES string of the molecule is C=CCC(C/C=C/c1ccccc1-c1ccccc1)(C(=O)OC)C(=O)OC. The molecule has 2 aromatic carbocycles. The second kappa shape index (κ2) is 9.53. The molecular weight excluding hydrogens is 340 g/mol. The topological polar surface area (TPSA) is 52.6 Å². The Morgan fingerprint density at radius 1 is 0.926 bits per heavy atom. The third-order valence-electron chi connectivity index (χ3n) is 4.45. The first-order chi connectivity index (χ1) is 13.1. The van der Waals surface area contributed by atoms with Gasteiger partial charge in [0.15, 0.2) is 5.41 Å². The summed E-state index contributed by atoms with van der Waals surface area (Å²) in [6.45, 7) is 3.66. The monoisotopic (exact) mass is 364 g/mol. The summed E-state index contributed by atoms with van der Waals surface area (Å²) >= 11 is 0. The molecular formula is C23H24O4. The van der Waals surface area contributed by atoms with Crippen molar-refractivity contribution in [2.45, 2.75) is 12.8 Å². The first-order valence-corrected chi connectivity index (χ1v) is 8.67. The molecule has 0 N–H and O–H groups in total. The Bertz CT molecular complexity index is 805. The van der Waals surface area contributed by atoms with E-state index in [2.05, 4.69) is 6.58 Å². The Morgan fingerprint density at radius 2 is 1.52 bits per heavy atom. The maximum Gasteiger partial charge on any atom is 0.323 e. The van der Waals surface area contributed by atoms with E-state index in [1.165, 1.54) is 20.3 Å². The number of esters is 2. The minimum Gasteiger partial charge on any atom is -0.468 e. The van der Waals surface area contributed by atoms with E-state index in [1.54, 1.807) is 6.08 Å². The summed E-state index contributed by atoms with van der Waals surface area (Å²) in [6, 6.07) is 18.0. The molecule has 140 valence electrons. The molecule has 0 unspecified atom stereocenters. The summed E-state index contributed by atoms with van der Waals surface area (Å²) in [6.07, 6.45) is 5.53. The van der Waals surface area contributed by atoms with Crippen molar-refractivity contribution in [3.8, 4) is 11.1 Å². The first-order valence-electron chi connectivity index (χ1n) is 8.67. The molecule has 27 heavy (non-hydrogen) atoms. The van der Waals surface area contributed by atoms with Crippen LogP contribution in [0.15, 0.2) is 73.3 Å². The maximum absolute atomic E-state index is 12.4. The lowest BCUT2D eigenvalue weighted by molar-refractivity contribution is -0.168. The maximum atomic E-state index is 12.4. The van der Waals surface area contributed by atoms with Crippen LogP contribution in [0.25, 0.3) is 17.2 Å². The number of ether oxygens (including phenoxy) is 2. The molecule has 0 aliphatic rings. The Balaban J connectivity index is 2.35. The van der Waals surface area contributed by atoms with Crippen molar-refractivity contribution in [2.75, 3.05) is 14.2 Å². The second-order valence-corrected chi connectivity index (χ2v) is 6.12. The number of methoxy groups -OCH3 is 2. The van der Waals surface area contributed by atoms with Crippen molar-refractivity contribution >= 4 is 18.0 Å². The minimum absolute atomic E-state index is 0.136. The van der Waals surface area contributed by atoms with Crippen molar-refractivity contribution in [2.24, 2.45) is 5.41 Å². The van der Waals surface area contributed by atoms with Crippen LogP contribution >= 0.6 is 0 Å². The normalized spacial score (nSPS) is 11.2. The highest BCUT2D eigenvalue weighted by Crippen LogP contribution is 2.32. The van der Waals surface area contributed by atoms with E-state index < -0.39 is 17.4 Å². The Labute approximate surface area is 160 Å². The zero-order valence-electron chi connectivity index (χ0n) is 15.7. The quantitative estimate of drug-likeness (QED) is 0.388. The van der Waals surface area contributed by atoms with E-state index >= 15 is 0 Å². The molecule has 4 nitrogen and oxygen atoms in total. The van der Waals surface area contributed by atoms with Crippen LogP contribution in [-0.2, 0) is 19.1 Å². The molecule has 0 fully saturated rings. The largest absolute Gasteiger partial charge is 0.468 e. The average molecular weight is 364 g/mol. The zero-order chi connectivity index (χ0) is 19.7. The molecule has 0 saturated carbocycles. The van der Waals surface area contributed by atoms with Gasteiger partial charge < -0.3 is 9.47 Å². The summed E-state index contributed by atoms with van der Waals surface area (Å²) in [5.74, 6) is -1.26. The molecule has 0 heterocycles. The third kappa shape index (κ3) is 4.53. The number of hydrogen-bond donors (Lipinski definition) is 0. The third-order valence-corrected chi connectivity index (χ3v) is 4.45. The average Bonchev–Trinajstić information content (AvgIpc) is 2.72. The van der Waals surface area contributed by atoms with Gasteiger partial charge in [-0.25, -0.2) is 0 Å². The number of allylic oxidation sites excluding steroid dienone is 2. The van der Waals surface area contributed by atoms with Crippen molar-refractivity contribution in [3.05, 3.63) is 78.9 Å². The molecule has 0 aliphatic carbocycles. The fourth-order valence-electron chi connectivity index (χ4n) is 3.05. The molecule has 4 heteroatoms. The summed E-state index contributed by atoms with van der Waals surface area (Å²) in [5.41, 5.74) is 1.73. The van der Waals surface area contributed by atoms with Gasteiger partial charge in [-0.15, -0.1) is 6.58 Å². The van der Waals surface area contributed by atoms with Gasteiger partial charge in [0.2, 0.25) is 0 Å². The van der Waals surface area contributed by atoms with Crippen LogP contribution in [-0.4, -0.2) is 26.2 Å². The van der Waals surface area contributed by atoms with Gasteiger partial charge in [0.1, 0.15) is 0 Å². The van der Waals surface area contributed by atoms with Gasteiger partial charge >= 0.3 is 11.9 Å². The molecule has 2 aromatic rings. The van der Waals surface area contributed by atoms with Gasteiger partial charge in [0, 0.05) is 0 Å². The number of carbonyl (C=O) groups excluding carboxylic acids is 2. The number of carbonyl (C=O) groups is 2. The van der Waals surface area contributed by atoms with Gasteiger partial charge in [-0.1, -0.05) is 72.8 Å². The van der Waals surface area contributed by atoms with E-state index in [0.717, 1.165) is 16.7 Å². The zero-order valence-corrected chi connectivity index (χ0v) is 15.7. The standard InChI is InChI=1S/C23H24O4/c1-4-16-23(21(24)26-2,22(25)27-3)17-10-14-19-13-8-9-15-20(19)18-11-6-5-7-12-18/h4-15H,1,16-17H2,2-3H3/b14-10+. The van der Waals surface area contributed by atoms with Gasteiger partial charge in [-0.3, -0.25) is 9.59 Å². The summed E-state index contributed by atoms with van der Waals surface area (Å²) in [4.78, 5) is 24.7. The van der Waals surface area contributed by atoms with E-state index in [0.29, 0.717) is 0 Å². The van der Waals surface area contributed by atoms with Crippen LogP contribution in [0.3, 0.4) is 0 Å². The lowest BCUT2D eigenvalue weighted by Gasteiger charge is -2.25. The highest BCUT2D eigenvalue weighted by atomic mass is 16.5. The molecule has 0 saturated heterocycles. The number of hydrogen-bond acceptors (Lipinski definition) is 4. The van der Waals surface area contributed by atoms with E-state index in [9.17, 15) is 9.59 Å². The van der Waals surface area contributed by atoms with Gasteiger partial charge in [-0.2, -0.15) is 0 Å². The molecule has 0 radical (unpaired) electrons. The smallest absolute Gasteiger partial charge is 0.323 e. The molecule has 0 aromatic heterocycles. The predicted octanol–water partition coefficient (Wildman–Crippen LogP) is 4.67. The van der Waals surface area contributed by atoms with Crippen molar-refractivity contribution in [3.63, 3.8) is 0 Å². The molecule has 0 bridgehead atoms. The number of benzene rings is 2. The van der Waals surface area contributed by atoms with Crippen LogP contribution in [0.5, 0.6) is 0 Å². The van der Waals surface area contributed by atoms with E-state index in [4.69, 9.17) is 9.47 Å². The van der Waals surface area contributed by atoms with Crippen LogP contribution in [0.4, 0.5) is 0 Å². The fraction of sp³-hybridized carbons (Fsp3) is 0.217. The lowest BCUT2D eigenvalue weighted by atomic mass is 9.80. The minimum atomic E-state index is -1.43. The van der Waals surface area contributed by atoms with Crippen molar-refractivity contribution in [1.29, 1.82) is 0 Å². The molecule has 2 rings (SSSR count). The van der Waals surface area contributed by atoms with Crippen molar-refractivity contribution in [1.82, 2.24) is 0 Å². The van der Waals surface area contributed by atoms with Gasteiger partial charge in [-0.05, 0) is 29.5 Å². The highest BCUT2D eigenvalue weighted by Gasteiger charge is 2.46. The van der Waals surface area contributed by atoms with Crippen LogP contribution in [0, 0.1) is 5.41 Å². The Hall–Kier alpha value is -3.14. The van der Waals surface area contributed by atoms with Crippen LogP contribution in [0.1, 0.15) is 18.4 Å². The summed E-state index contributed by atoms with van der Waals surface area (Å²) in [7, 11) is 2.52. The van der Waals surface area contributed by atoms with E-state index in [-0.39, 0.29) is 12.8 Å². The van der Waals surface area contributed by atoms with Crippen LogP contribution in [0.2, 0.25) is 0 Å². The molecule has 0 amide bonds. The molecule has 0 atom stereocenters. The molecule has 0 aliphatic heterocycles. The summed E-state index contributed by atoms with van der Waals surface area (Å²) < 4.78 is 9.73. The van der Waals surface area contributed by atoms with Gasteiger partial charge in [0.05, 0.1) is 14.2 Å². The Kier molecular flexibility index (Phi) is 7.12. The second-order valence-electron chi connectivity index (χ2n) is 6.12. The molecule has 0 spiro atoms. The summed E-state index contributed by atoms with van der Waals surface area (Å²) in [5, 5.41) is 0. The fourth-order valence-corrected chi connectivity index (χ4v) is 3.05. The number of rotatable bonds is 8. The van der Waals surface area contributed by atoms with E-state index in [1.807, 2.05) is 60.7 Å². The predicted molar refractivity (Wildman–Crippen MR) is 107 cm³/mol. The van der Waals surface area contributed by atoms with Gasteiger partial charge in [0.25, 0.3) is 0 Å².